The maximum atomic E-state index is 12.3. The third kappa shape index (κ3) is 3.52. The van der Waals surface area contributed by atoms with Crippen molar-refractivity contribution in [3.05, 3.63) is 29.4 Å². The molecule has 1 amide bonds. The minimum atomic E-state index is -0.0176. The molecule has 1 aliphatic rings. The van der Waals surface area contributed by atoms with Crippen LogP contribution in [0.3, 0.4) is 0 Å². The fraction of sp³-hybridized carbons (Fsp3) is 0.471. The number of thiazole rings is 1. The summed E-state index contributed by atoms with van der Waals surface area (Å²) in [6.07, 6.45) is 5.29. The van der Waals surface area contributed by atoms with Gasteiger partial charge in [0.2, 0.25) is 0 Å². The first-order valence-electron chi connectivity index (χ1n) is 8.11. The van der Waals surface area contributed by atoms with Gasteiger partial charge in [-0.3, -0.25) is 4.79 Å². The molecule has 3 heterocycles. The minimum Gasteiger partial charge on any atom is -0.357 e. The van der Waals surface area contributed by atoms with E-state index in [0.29, 0.717) is 5.69 Å². The largest absolute Gasteiger partial charge is 0.357 e. The molecule has 122 valence electrons. The molecule has 0 radical (unpaired) electrons. The number of amides is 1. The highest BCUT2D eigenvalue weighted by Crippen LogP contribution is 2.26. The predicted octanol–water partition coefficient (Wildman–Crippen LogP) is 3.29. The average molecular weight is 330 g/mol. The zero-order valence-electron chi connectivity index (χ0n) is 13.7. The molecule has 1 saturated heterocycles. The van der Waals surface area contributed by atoms with Gasteiger partial charge in [-0.2, -0.15) is 0 Å². The molecule has 6 heteroatoms. The van der Waals surface area contributed by atoms with Crippen molar-refractivity contribution in [2.24, 2.45) is 0 Å². The molecule has 5 nitrogen and oxygen atoms in total. The molecule has 0 atom stereocenters. The molecule has 23 heavy (non-hydrogen) atoms. The summed E-state index contributed by atoms with van der Waals surface area (Å²) in [6.45, 7) is 4.99. The lowest BCUT2D eigenvalue weighted by atomic mass is 10.3. The maximum absolute atomic E-state index is 12.3. The highest BCUT2D eigenvalue weighted by molar-refractivity contribution is 7.13. The van der Waals surface area contributed by atoms with Gasteiger partial charge in [-0.1, -0.05) is 6.92 Å². The Kier molecular flexibility index (Phi) is 4.91. The highest BCUT2D eigenvalue weighted by Gasteiger charge is 2.17. The fourth-order valence-corrected chi connectivity index (χ4v) is 3.57. The van der Waals surface area contributed by atoms with E-state index in [0.717, 1.165) is 42.4 Å². The number of hydrogen-bond donors (Lipinski definition) is 0. The number of pyridine rings is 1. The van der Waals surface area contributed by atoms with Crippen molar-refractivity contribution in [2.45, 2.75) is 26.2 Å². The predicted molar refractivity (Wildman–Crippen MR) is 94.0 cm³/mol. The Balaban J connectivity index is 1.73. The third-order valence-corrected chi connectivity index (χ3v) is 4.95. The summed E-state index contributed by atoms with van der Waals surface area (Å²) in [7, 11) is 1.82. The first-order valence-corrected chi connectivity index (χ1v) is 8.99. The van der Waals surface area contributed by atoms with Crippen LogP contribution in [0.2, 0.25) is 0 Å². The second-order valence-corrected chi connectivity index (χ2v) is 6.72. The van der Waals surface area contributed by atoms with E-state index in [4.69, 9.17) is 0 Å². The Labute approximate surface area is 141 Å². The molecule has 2 aromatic heterocycles. The van der Waals surface area contributed by atoms with Crippen LogP contribution in [-0.4, -0.2) is 47.5 Å². The summed E-state index contributed by atoms with van der Waals surface area (Å²) in [6, 6.07) is 4.09. The van der Waals surface area contributed by atoms with Crippen LogP contribution in [0.25, 0.3) is 10.6 Å². The van der Waals surface area contributed by atoms with E-state index in [1.807, 2.05) is 30.8 Å². The summed E-state index contributed by atoms with van der Waals surface area (Å²) < 4.78 is 0. The Hall–Kier alpha value is -1.95. The van der Waals surface area contributed by atoms with Crippen LogP contribution in [-0.2, 0) is 0 Å². The van der Waals surface area contributed by atoms with Crippen molar-refractivity contribution in [1.82, 2.24) is 14.9 Å². The van der Waals surface area contributed by atoms with Crippen molar-refractivity contribution in [3.8, 4) is 10.6 Å². The molecule has 3 rings (SSSR count). The van der Waals surface area contributed by atoms with E-state index >= 15 is 0 Å². The molecule has 2 aromatic rings. The van der Waals surface area contributed by atoms with Gasteiger partial charge in [-0.15, -0.1) is 11.3 Å². The molecule has 0 saturated carbocycles. The monoisotopic (exact) mass is 330 g/mol. The van der Waals surface area contributed by atoms with Crippen LogP contribution in [0.15, 0.2) is 23.7 Å². The molecular formula is C17H22N4OS. The molecule has 0 spiro atoms. The quantitative estimate of drug-likeness (QED) is 0.844. The molecule has 1 fully saturated rings. The van der Waals surface area contributed by atoms with Crippen LogP contribution in [0, 0.1) is 0 Å². The van der Waals surface area contributed by atoms with E-state index < -0.39 is 0 Å². The van der Waals surface area contributed by atoms with Crippen molar-refractivity contribution in [1.29, 1.82) is 0 Å². The molecule has 0 aromatic carbocycles. The van der Waals surface area contributed by atoms with Crippen LogP contribution < -0.4 is 4.90 Å². The average Bonchev–Trinajstić information content (AvgIpc) is 3.26. The van der Waals surface area contributed by atoms with E-state index in [1.54, 1.807) is 4.90 Å². The molecule has 0 bridgehead atoms. The fourth-order valence-electron chi connectivity index (χ4n) is 2.78. The standard InChI is InChI=1S/C17H22N4OS/c1-3-8-20(2)17(22)14-12-23-16(19-14)13-6-7-15(18-11-13)21-9-4-5-10-21/h6-7,11-12H,3-5,8-10H2,1-2H3. The normalized spacial score (nSPS) is 14.3. The minimum absolute atomic E-state index is 0.0176. The first kappa shape index (κ1) is 15.9. The smallest absolute Gasteiger partial charge is 0.273 e. The lowest BCUT2D eigenvalue weighted by Gasteiger charge is -2.15. The van der Waals surface area contributed by atoms with Crippen LogP contribution >= 0.6 is 11.3 Å². The molecule has 0 unspecified atom stereocenters. The zero-order valence-corrected chi connectivity index (χ0v) is 14.5. The van der Waals surface area contributed by atoms with Crippen molar-refractivity contribution >= 4 is 23.1 Å². The second kappa shape index (κ2) is 7.08. The van der Waals surface area contributed by atoms with Crippen LogP contribution in [0.4, 0.5) is 5.82 Å². The summed E-state index contributed by atoms with van der Waals surface area (Å²) in [5.41, 5.74) is 1.49. The zero-order chi connectivity index (χ0) is 16.2. The lowest BCUT2D eigenvalue weighted by Crippen LogP contribution is -2.27. The van der Waals surface area contributed by atoms with Gasteiger partial charge in [0.1, 0.15) is 16.5 Å². The van der Waals surface area contributed by atoms with E-state index in [9.17, 15) is 4.79 Å². The topological polar surface area (TPSA) is 49.3 Å². The highest BCUT2D eigenvalue weighted by atomic mass is 32.1. The van der Waals surface area contributed by atoms with Crippen molar-refractivity contribution in [2.75, 3.05) is 31.6 Å². The van der Waals surface area contributed by atoms with Crippen LogP contribution in [0.5, 0.6) is 0 Å². The molecule has 0 N–H and O–H groups in total. The second-order valence-electron chi connectivity index (χ2n) is 5.86. The van der Waals surface area contributed by atoms with Crippen molar-refractivity contribution < 1.29 is 4.79 Å². The number of aromatic nitrogens is 2. The van der Waals surface area contributed by atoms with Gasteiger partial charge in [-0.05, 0) is 31.4 Å². The molecule has 0 aliphatic carbocycles. The van der Waals surface area contributed by atoms with E-state index in [-0.39, 0.29) is 5.91 Å². The van der Waals surface area contributed by atoms with Gasteiger partial charge in [0.25, 0.3) is 5.91 Å². The van der Waals surface area contributed by atoms with E-state index in [2.05, 4.69) is 21.8 Å². The Morgan fingerprint density at radius 1 is 1.35 bits per heavy atom. The van der Waals surface area contributed by atoms with Crippen LogP contribution in [0.1, 0.15) is 36.7 Å². The summed E-state index contributed by atoms with van der Waals surface area (Å²) >= 11 is 1.49. The first-order chi connectivity index (χ1) is 11.2. The van der Waals surface area contributed by atoms with Gasteiger partial charge in [-0.25, -0.2) is 9.97 Å². The van der Waals surface area contributed by atoms with Gasteiger partial charge < -0.3 is 9.80 Å². The lowest BCUT2D eigenvalue weighted by molar-refractivity contribution is 0.0790. The number of carbonyl (C=O) groups excluding carboxylic acids is 1. The summed E-state index contributed by atoms with van der Waals surface area (Å²) in [4.78, 5) is 25.3. The number of carbonyl (C=O) groups is 1. The Bertz CT molecular complexity index is 661. The van der Waals surface area contributed by atoms with Gasteiger partial charge in [0.05, 0.1) is 0 Å². The van der Waals surface area contributed by atoms with E-state index in [1.165, 1.54) is 24.2 Å². The SMILES string of the molecule is CCCN(C)C(=O)c1csc(-c2ccc(N3CCCC3)nc2)n1. The number of rotatable bonds is 5. The van der Waals surface area contributed by atoms with Crippen molar-refractivity contribution in [3.63, 3.8) is 0 Å². The number of anilines is 1. The van der Waals surface area contributed by atoms with Gasteiger partial charge in [0.15, 0.2) is 0 Å². The third-order valence-electron chi connectivity index (χ3n) is 4.05. The summed E-state index contributed by atoms with van der Waals surface area (Å²) in [5.74, 6) is 1.01. The molecule has 1 aliphatic heterocycles. The van der Waals surface area contributed by atoms with Gasteiger partial charge >= 0.3 is 0 Å². The number of hydrogen-bond acceptors (Lipinski definition) is 5. The number of nitrogens with zero attached hydrogens (tertiary/aromatic N) is 4. The molecular weight excluding hydrogens is 308 g/mol. The van der Waals surface area contributed by atoms with Gasteiger partial charge in [0, 0.05) is 43.8 Å². The Morgan fingerprint density at radius 2 is 2.13 bits per heavy atom. The summed E-state index contributed by atoms with van der Waals surface area (Å²) in [5, 5.41) is 2.68. The Morgan fingerprint density at radius 3 is 2.78 bits per heavy atom. The maximum Gasteiger partial charge on any atom is 0.273 e.